The van der Waals surface area contributed by atoms with Gasteiger partial charge in [-0.1, -0.05) is 18.2 Å². The minimum atomic E-state index is -0.437. The van der Waals surface area contributed by atoms with Crippen LogP contribution in [0.5, 0.6) is 5.75 Å². The van der Waals surface area contributed by atoms with E-state index in [1.807, 2.05) is 18.2 Å². The number of pyridine rings is 1. The van der Waals surface area contributed by atoms with E-state index in [4.69, 9.17) is 4.74 Å². The second-order valence-corrected chi connectivity index (χ2v) is 7.87. The number of ether oxygens (including phenoxy) is 1. The zero-order valence-corrected chi connectivity index (χ0v) is 17.7. The number of benzene rings is 2. The van der Waals surface area contributed by atoms with Gasteiger partial charge >= 0.3 is 5.69 Å². The molecule has 8 nitrogen and oxygen atoms in total. The molecule has 2 heterocycles. The Kier molecular flexibility index (Phi) is 4.70. The number of nitrogens with zero attached hydrogens (tertiary/aromatic N) is 3. The summed E-state index contributed by atoms with van der Waals surface area (Å²) in [7, 11) is 3.15. The largest absolute Gasteiger partial charge is 0.497 e. The third kappa shape index (κ3) is 3.20. The Morgan fingerprint density at radius 1 is 0.969 bits per heavy atom. The van der Waals surface area contributed by atoms with Crippen LogP contribution in [-0.4, -0.2) is 20.8 Å². The van der Waals surface area contributed by atoms with Crippen molar-refractivity contribution in [2.45, 2.75) is 18.9 Å². The molecule has 8 heteroatoms. The molecule has 4 aromatic rings. The quantitative estimate of drug-likeness (QED) is 0.526. The molecule has 0 bridgehead atoms. The molecule has 0 spiro atoms. The van der Waals surface area contributed by atoms with Crippen molar-refractivity contribution in [1.29, 1.82) is 0 Å². The van der Waals surface area contributed by atoms with Crippen LogP contribution in [0.25, 0.3) is 16.7 Å². The molecular weight excluding hydrogens is 408 g/mol. The van der Waals surface area contributed by atoms with E-state index in [1.54, 1.807) is 50.6 Å². The Bertz CT molecular complexity index is 1490. The van der Waals surface area contributed by atoms with Crippen LogP contribution in [0.2, 0.25) is 0 Å². The van der Waals surface area contributed by atoms with Crippen molar-refractivity contribution < 1.29 is 4.74 Å². The molecule has 0 radical (unpaired) electrons. The maximum absolute atomic E-state index is 13.6. The van der Waals surface area contributed by atoms with Crippen LogP contribution >= 0.6 is 0 Å². The third-order valence-corrected chi connectivity index (χ3v) is 5.75. The number of nitrogens with one attached hydrogen (secondary N) is 1. The number of aromatic nitrogens is 3. The fourth-order valence-electron chi connectivity index (χ4n) is 3.96. The molecule has 1 N–H and O–H groups in total. The highest BCUT2D eigenvalue weighted by Crippen LogP contribution is 2.33. The van der Waals surface area contributed by atoms with Crippen LogP contribution in [0, 0.1) is 0 Å². The number of anilines is 2. The molecule has 0 atom stereocenters. The summed E-state index contributed by atoms with van der Waals surface area (Å²) in [6.45, 7) is 0. The normalized spacial score (nSPS) is 13.3. The second-order valence-electron chi connectivity index (χ2n) is 7.87. The molecular formula is C24H22N4O4. The van der Waals surface area contributed by atoms with E-state index in [0.717, 1.165) is 12.8 Å². The summed E-state index contributed by atoms with van der Waals surface area (Å²) >= 11 is 0. The Balaban J connectivity index is 1.86. The van der Waals surface area contributed by atoms with Crippen molar-refractivity contribution in [3.05, 3.63) is 91.9 Å². The van der Waals surface area contributed by atoms with Gasteiger partial charge in [0.15, 0.2) is 0 Å². The average molecular weight is 430 g/mol. The van der Waals surface area contributed by atoms with E-state index in [-0.39, 0.29) is 17.2 Å². The zero-order chi connectivity index (χ0) is 22.4. The van der Waals surface area contributed by atoms with Gasteiger partial charge in [-0.2, -0.15) is 0 Å². The van der Waals surface area contributed by atoms with Crippen LogP contribution in [0.15, 0.2) is 75.0 Å². The highest BCUT2D eigenvalue weighted by atomic mass is 16.5. The summed E-state index contributed by atoms with van der Waals surface area (Å²) in [5, 5.41) is 3.48. The molecule has 0 saturated heterocycles. The first kappa shape index (κ1) is 19.9. The molecule has 2 aromatic carbocycles. The molecule has 0 amide bonds. The van der Waals surface area contributed by atoms with Gasteiger partial charge in [0.1, 0.15) is 16.8 Å². The molecule has 2 aromatic heterocycles. The van der Waals surface area contributed by atoms with Gasteiger partial charge in [-0.3, -0.25) is 18.7 Å². The van der Waals surface area contributed by atoms with E-state index >= 15 is 0 Å². The summed E-state index contributed by atoms with van der Waals surface area (Å²) in [4.78, 5) is 39.9. The number of fused-ring (bicyclic) bond motifs is 1. The summed E-state index contributed by atoms with van der Waals surface area (Å²) < 4.78 is 9.32. The van der Waals surface area contributed by atoms with E-state index in [0.29, 0.717) is 28.2 Å². The molecule has 1 aliphatic carbocycles. The minimum absolute atomic E-state index is 0.125. The highest BCUT2D eigenvalue weighted by Gasteiger charge is 2.30. The lowest BCUT2D eigenvalue weighted by Gasteiger charge is -2.18. The first-order valence-electron chi connectivity index (χ1n) is 10.4. The molecule has 32 heavy (non-hydrogen) atoms. The minimum Gasteiger partial charge on any atom is -0.497 e. The monoisotopic (exact) mass is 430 g/mol. The van der Waals surface area contributed by atoms with E-state index < -0.39 is 11.2 Å². The number of methoxy groups -OCH3 is 1. The van der Waals surface area contributed by atoms with E-state index in [9.17, 15) is 14.4 Å². The smallest absolute Gasteiger partial charge is 0.337 e. The van der Waals surface area contributed by atoms with Crippen molar-refractivity contribution >= 4 is 22.4 Å². The molecule has 0 unspecified atom stereocenters. The van der Waals surface area contributed by atoms with Gasteiger partial charge in [-0.25, -0.2) is 9.36 Å². The van der Waals surface area contributed by atoms with E-state index in [1.165, 1.54) is 19.8 Å². The van der Waals surface area contributed by atoms with Crippen LogP contribution in [0.3, 0.4) is 0 Å². The lowest BCUT2D eigenvalue weighted by Crippen LogP contribution is -2.41. The second kappa shape index (κ2) is 7.56. The Morgan fingerprint density at radius 3 is 2.28 bits per heavy atom. The van der Waals surface area contributed by atoms with Crippen molar-refractivity contribution in [2.75, 3.05) is 12.4 Å². The van der Waals surface area contributed by atoms with Gasteiger partial charge in [-0.15, -0.1) is 0 Å². The maximum atomic E-state index is 13.6. The molecule has 162 valence electrons. The zero-order valence-electron chi connectivity index (χ0n) is 17.7. The van der Waals surface area contributed by atoms with Gasteiger partial charge in [0, 0.05) is 24.8 Å². The maximum Gasteiger partial charge on any atom is 0.337 e. The Hall–Kier alpha value is -4.07. The standard InChI is InChI=1S/C24H22N4O4/c1-26-20(29)14-19(25-15-8-12-18(32-2)13-9-15)21-22(26)27(16-6-4-3-5-7-16)24(31)28(23(21)30)17-10-11-17/h3-9,12-14,17,25H,10-11H2,1-2H3. The molecule has 1 aliphatic rings. The van der Waals surface area contributed by atoms with Crippen LogP contribution in [0.4, 0.5) is 11.4 Å². The number of rotatable bonds is 5. The Labute approximate surface area is 182 Å². The van der Waals surface area contributed by atoms with Gasteiger partial charge < -0.3 is 10.1 Å². The first-order chi connectivity index (χ1) is 15.5. The van der Waals surface area contributed by atoms with Gasteiger partial charge in [0.05, 0.1) is 18.5 Å². The summed E-state index contributed by atoms with van der Waals surface area (Å²) in [5.41, 5.74) is 0.730. The van der Waals surface area contributed by atoms with Gasteiger partial charge in [0.25, 0.3) is 11.1 Å². The number of hydrogen-bond donors (Lipinski definition) is 1. The van der Waals surface area contributed by atoms with Gasteiger partial charge in [0.2, 0.25) is 0 Å². The highest BCUT2D eigenvalue weighted by molar-refractivity contribution is 5.91. The van der Waals surface area contributed by atoms with Crippen molar-refractivity contribution in [3.8, 4) is 11.4 Å². The van der Waals surface area contributed by atoms with Crippen molar-refractivity contribution in [3.63, 3.8) is 0 Å². The topological polar surface area (TPSA) is 87.3 Å². The summed E-state index contributed by atoms with van der Waals surface area (Å²) in [6.07, 6.45) is 1.56. The fourth-order valence-corrected chi connectivity index (χ4v) is 3.96. The molecule has 1 fully saturated rings. The van der Waals surface area contributed by atoms with Gasteiger partial charge in [-0.05, 0) is 49.2 Å². The average Bonchev–Trinajstić information content (AvgIpc) is 3.63. The third-order valence-electron chi connectivity index (χ3n) is 5.75. The number of hydrogen-bond acceptors (Lipinski definition) is 5. The first-order valence-corrected chi connectivity index (χ1v) is 10.4. The molecule has 5 rings (SSSR count). The van der Waals surface area contributed by atoms with Crippen molar-refractivity contribution in [2.24, 2.45) is 7.05 Å². The van der Waals surface area contributed by atoms with Crippen LogP contribution in [-0.2, 0) is 7.05 Å². The molecule has 0 aliphatic heterocycles. The lowest BCUT2D eigenvalue weighted by molar-refractivity contribution is 0.415. The number of aryl methyl sites for hydroxylation is 1. The SMILES string of the molecule is COc1ccc(Nc2cc(=O)n(C)c3c2c(=O)n(C2CC2)c(=O)n3-c2ccccc2)cc1. The van der Waals surface area contributed by atoms with Crippen LogP contribution < -0.4 is 26.9 Å². The lowest BCUT2D eigenvalue weighted by atomic mass is 10.2. The predicted molar refractivity (Wildman–Crippen MR) is 124 cm³/mol. The van der Waals surface area contributed by atoms with Crippen LogP contribution in [0.1, 0.15) is 18.9 Å². The van der Waals surface area contributed by atoms with Crippen molar-refractivity contribution in [1.82, 2.24) is 13.7 Å². The molecule has 1 saturated carbocycles. The summed E-state index contributed by atoms with van der Waals surface area (Å²) in [5.74, 6) is 0.693. The Morgan fingerprint density at radius 2 is 1.66 bits per heavy atom. The fraction of sp³-hybridized carbons (Fsp3) is 0.208. The summed E-state index contributed by atoms with van der Waals surface area (Å²) in [6, 6.07) is 17.5. The van der Waals surface area contributed by atoms with E-state index in [2.05, 4.69) is 5.32 Å². The predicted octanol–water partition coefficient (Wildman–Crippen LogP) is 2.94. The number of para-hydroxylation sites is 1.